The van der Waals surface area contributed by atoms with E-state index in [-0.39, 0.29) is 5.97 Å². The molecule has 0 amide bonds. The molecule has 1 aromatic carbocycles. The van der Waals surface area contributed by atoms with Crippen molar-refractivity contribution in [2.75, 3.05) is 6.61 Å². The Hall–Kier alpha value is -0.830. The molecule has 0 saturated carbocycles. The summed E-state index contributed by atoms with van der Waals surface area (Å²) >= 11 is 3.28. The molecule has 0 aromatic heterocycles. The summed E-state index contributed by atoms with van der Waals surface area (Å²) in [5.74, 6) is -0.311. The zero-order valence-corrected chi connectivity index (χ0v) is 8.93. The van der Waals surface area contributed by atoms with Gasteiger partial charge in [-0.1, -0.05) is 15.9 Å². The van der Waals surface area contributed by atoms with Gasteiger partial charge < -0.3 is 4.74 Å². The van der Waals surface area contributed by atoms with Crippen LogP contribution < -0.4 is 0 Å². The van der Waals surface area contributed by atoms with Crippen molar-refractivity contribution in [3.8, 4) is 0 Å². The number of benzene rings is 1. The van der Waals surface area contributed by atoms with Gasteiger partial charge in [0.2, 0.25) is 0 Å². The molecule has 0 spiro atoms. The Morgan fingerprint density at radius 2 is 2.23 bits per heavy atom. The summed E-state index contributed by atoms with van der Waals surface area (Å²) in [5, 5.41) is 0. The first-order chi connectivity index (χ1) is 6.13. The fraction of sp³-hybridized carbons (Fsp3) is 0.200. The van der Waals surface area contributed by atoms with Gasteiger partial charge in [-0.05, 0) is 37.6 Å². The first-order valence-corrected chi connectivity index (χ1v) is 4.72. The first-order valence-electron chi connectivity index (χ1n) is 3.93. The Kier molecular flexibility index (Phi) is 3.48. The van der Waals surface area contributed by atoms with Crippen molar-refractivity contribution in [1.82, 2.24) is 0 Å². The zero-order valence-electron chi connectivity index (χ0n) is 7.34. The minimum atomic E-state index is -0.311. The van der Waals surface area contributed by atoms with Gasteiger partial charge in [-0.2, -0.15) is 0 Å². The third-order valence-electron chi connectivity index (χ3n) is 1.47. The van der Waals surface area contributed by atoms with Crippen LogP contribution in [0.15, 0.2) is 22.7 Å². The molecule has 0 saturated heterocycles. The number of hydrogen-bond acceptors (Lipinski definition) is 2. The lowest BCUT2D eigenvalue weighted by Crippen LogP contribution is -2.04. The van der Waals surface area contributed by atoms with E-state index in [1.807, 2.05) is 6.07 Å². The van der Waals surface area contributed by atoms with E-state index in [0.717, 1.165) is 10.0 Å². The van der Waals surface area contributed by atoms with Gasteiger partial charge in [0.25, 0.3) is 0 Å². The Morgan fingerprint density at radius 1 is 1.54 bits per heavy atom. The van der Waals surface area contributed by atoms with Crippen LogP contribution in [-0.2, 0) is 4.74 Å². The van der Waals surface area contributed by atoms with Gasteiger partial charge in [0.15, 0.2) is 0 Å². The second-order valence-electron chi connectivity index (χ2n) is 2.57. The van der Waals surface area contributed by atoms with Crippen molar-refractivity contribution < 1.29 is 9.53 Å². The molecular formula is C10H10BrO2. The summed E-state index contributed by atoms with van der Waals surface area (Å²) in [5.41, 5.74) is 1.32. The molecule has 69 valence electrons. The maximum atomic E-state index is 11.3. The molecule has 0 atom stereocenters. The summed E-state index contributed by atoms with van der Waals surface area (Å²) in [6.45, 7) is 5.91. The number of carbonyl (C=O) groups excluding carboxylic acids is 1. The van der Waals surface area contributed by atoms with Gasteiger partial charge in [-0.25, -0.2) is 4.79 Å². The van der Waals surface area contributed by atoms with Crippen molar-refractivity contribution >= 4 is 21.9 Å². The van der Waals surface area contributed by atoms with Crippen LogP contribution in [0, 0.1) is 6.92 Å². The number of rotatable bonds is 2. The van der Waals surface area contributed by atoms with Crippen LogP contribution in [0.4, 0.5) is 0 Å². The lowest BCUT2D eigenvalue weighted by Gasteiger charge is -2.03. The standard InChI is InChI=1S/C10H10BrO2/c1-3-13-10(12)8-4-7(2)5-9(11)6-8/h4-6H,2-3H2,1H3. The highest BCUT2D eigenvalue weighted by molar-refractivity contribution is 9.10. The molecule has 1 rings (SSSR count). The first kappa shape index (κ1) is 10.3. The van der Waals surface area contributed by atoms with Crippen molar-refractivity contribution in [3.05, 3.63) is 40.7 Å². The monoisotopic (exact) mass is 241 g/mol. The summed E-state index contributed by atoms with van der Waals surface area (Å²) < 4.78 is 5.69. The van der Waals surface area contributed by atoms with Gasteiger partial charge in [0, 0.05) is 4.47 Å². The molecule has 0 fully saturated rings. The number of ether oxygens (including phenoxy) is 1. The summed E-state index contributed by atoms with van der Waals surface area (Å²) in [6, 6.07) is 5.25. The average Bonchev–Trinajstić information content (AvgIpc) is 2.03. The van der Waals surface area contributed by atoms with E-state index in [1.54, 1.807) is 19.1 Å². The number of halogens is 1. The smallest absolute Gasteiger partial charge is 0.338 e. The molecule has 0 aliphatic heterocycles. The normalized spacial score (nSPS) is 9.77. The fourth-order valence-electron chi connectivity index (χ4n) is 0.983. The molecule has 1 aromatic rings. The van der Waals surface area contributed by atoms with Crippen LogP contribution in [0.2, 0.25) is 0 Å². The van der Waals surface area contributed by atoms with E-state index in [1.165, 1.54) is 0 Å². The lowest BCUT2D eigenvalue weighted by atomic mass is 10.1. The largest absolute Gasteiger partial charge is 0.462 e. The highest BCUT2D eigenvalue weighted by Gasteiger charge is 2.06. The highest BCUT2D eigenvalue weighted by Crippen LogP contribution is 2.15. The molecule has 0 bridgehead atoms. The van der Waals surface area contributed by atoms with E-state index >= 15 is 0 Å². The van der Waals surface area contributed by atoms with Gasteiger partial charge in [-0.15, -0.1) is 0 Å². The van der Waals surface area contributed by atoms with Crippen LogP contribution in [0.1, 0.15) is 22.8 Å². The van der Waals surface area contributed by atoms with Gasteiger partial charge in [0.05, 0.1) is 12.2 Å². The van der Waals surface area contributed by atoms with E-state index in [4.69, 9.17) is 4.74 Å². The van der Waals surface area contributed by atoms with Crippen molar-refractivity contribution in [2.24, 2.45) is 0 Å². The van der Waals surface area contributed by atoms with Crippen LogP contribution in [0.5, 0.6) is 0 Å². The quantitative estimate of drug-likeness (QED) is 0.745. The molecule has 0 aliphatic rings. The van der Waals surface area contributed by atoms with Gasteiger partial charge >= 0.3 is 5.97 Å². The summed E-state index contributed by atoms with van der Waals surface area (Å²) in [7, 11) is 0. The minimum Gasteiger partial charge on any atom is -0.462 e. The van der Waals surface area contributed by atoms with E-state index < -0.39 is 0 Å². The second kappa shape index (κ2) is 4.42. The molecule has 0 N–H and O–H groups in total. The minimum absolute atomic E-state index is 0.311. The van der Waals surface area contributed by atoms with Crippen LogP contribution >= 0.6 is 15.9 Å². The van der Waals surface area contributed by atoms with E-state index in [0.29, 0.717) is 12.2 Å². The second-order valence-corrected chi connectivity index (χ2v) is 3.48. The number of esters is 1. The summed E-state index contributed by atoms with van der Waals surface area (Å²) in [6.07, 6.45) is 0. The third-order valence-corrected chi connectivity index (χ3v) is 1.93. The Morgan fingerprint density at radius 3 is 2.77 bits per heavy atom. The maximum absolute atomic E-state index is 11.3. The number of hydrogen-bond donors (Lipinski definition) is 0. The van der Waals surface area contributed by atoms with Crippen molar-refractivity contribution in [3.63, 3.8) is 0 Å². The molecule has 0 aliphatic carbocycles. The van der Waals surface area contributed by atoms with Crippen molar-refractivity contribution in [1.29, 1.82) is 0 Å². The highest BCUT2D eigenvalue weighted by atomic mass is 79.9. The van der Waals surface area contributed by atoms with E-state index in [9.17, 15) is 4.79 Å². The van der Waals surface area contributed by atoms with Gasteiger partial charge in [0.1, 0.15) is 0 Å². The van der Waals surface area contributed by atoms with Gasteiger partial charge in [-0.3, -0.25) is 0 Å². The summed E-state index contributed by atoms with van der Waals surface area (Å²) in [4.78, 5) is 11.3. The lowest BCUT2D eigenvalue weighted by molar-refractivity contribution is 0.0526. The fourth-order valence-corrected chi connectivity index (χ4v) is 1.52. The Bertz CT molecular complexity index is 300. The van der Waals surface area contributed by atoms with Crippen LogP contribution in [0.3, 0.4) is 0 Å². The number of carbonyl (C=O) groups is 1. The zero-order chi connectivity index (χ0) is 9.84. The van der Waals surface area contributed by atoms with E-state index in [2.05, 4.69) is 22.9 Å². The topological polar surface area (TPSA) is 26.3 Å². The molecule has 3 heteroatoms. The Balaban J connectivity index is 2.94. The molecular weight excluding hydrogens is 232 g/mol. The third kappa shape index (κ3) is 2.84. The van der Waals surface area contributed by atoms with Crippen molar-refractivity contribution in [2.45, 2.75) is 6.92 Å². The SMILES string of the molecule is [CH2]c1cc(Br)cc(C(=O)OCC)c1. The molecule has 13 heavy (non-hydrogen) atoms. The molecule has 2 nitrogen and oxygen atoms in total. The van der Waals surface area contributed by atoms with Crippen LogP contribution in [0.25, 0.3) is 0 Å². The molecule has 0 unspecified atom stereocenters. The Labute approximate surface area is 86.0 Å². The average molecular weight is 242 g/mol. The van der Waals surface area contributed by atoms with Crippen LogP contribution in [-0.4, -0.2) is 12.6 Å². The predicted molar refractivity (Wildman–Crippen MR) is 54.6 cm³/mol. The molecule has 0 heterocycles. The predicted octanol–water partition coefficient (Wildman–Crippen LogP) is 2.81. The maximum Gasteiger partial charge on any atom is 0.338 e. The molecule has 1 radical (unpaired) electrons.